The van der Waals surface area contributed by atoms with Crippen molar-refractivity contribution >= 4 is 31.7 Å². The van der Waals surface area contributed by atoms with Crippen molar-refractivity contribution in [2.75, 3.05) is 18.1 Å². The SMILES string of the molecule is CC(C)CN(C(=O)c1ccccc1Br)[C@H]1CCS(=O)(=O)C1. The van der Waals surface area contributed by atoms with Gasteiger partial charge in [0.05, 0.1) is 17.1 Å². The molecule has 1 heterocycles. The highest BCUT2D eigenvalue weighted by Crippen LogP contribution is 2.24. The Bertz CT molecular complexity index is 628. The summed E-state index contributed by atoms with van der Waals surface area (Å²) in [6.45, 7) is 4.63. The summed E-state index contributed by atoms with van der Waals surface area (Å²) in [5, 5.41) is 0. The minimum atomic E-state index is -3.01. The van der Waals surface area contributed by atoms with Crippen molar-refractivity contribution in [3.8, 4) is 0 Å². The molecule has 2 rings (SSSR count). The Hall–Kier alpha value is -0.880. The van der Waals surface area contributed by atoms with Gasteiger partial charge in [-0.25, -0.2) is 8.42 Å². The van der Waals surface area contributed by atoms with Crippen molar-refractivity contribution in [2.24, 2.45) is 5.92 Å². The molecule has 1 amide bonds. The van der Waals surface area contributed by atoms with Crippen molar-refractivity contribution < 1.29 is 13.2 Å². The van der Waals surface area contributed by atoms with E-state index in [9.17, 15) is 13.2 Å². The number of carbonyl (C=O) groups excluding carboxylic acids is 1. The Morgan fingerprint density at radius 2 is 2.05 bits per heavy atom. The molecule has 0 spiro atoms. The average molecular weight is 374 g/mol. The van der Waals surface area contributed by atoms with Crippen molar-refractivity contribution in [1.29, 1.82) is 0 Å². The molecular formula is C15H20BrNO3S. The van der Waals surface area contributed by atoms with Gasteiger partial charge in [0.1, 0.15) is 0 Å². The van der Waals surface area contributed by atoms with Crippen molar-refractivity contribution in [3.63, 3.8) is 0 Å². The minimum absolute atomic E-state index is 0.0793. The summed E-state index contributed by atoms with van der Waals surface area (Å²) < 4.78 is 24.2. The van der Waals surface area contributed by atoms with Crippen LogP contribution in [0.3, 0.4) is 0 Å². The van der Waals surface area contributed by atoms with E-state index in [0.717, 1.165) is 4.47 Å². The van der Waals surface area contributed by atoms with E-state index in [1.54, 1.807) is 11.0 Å². The fourth-order valence-electron chi connectivity index (χ4n) is 2.60. The topological polar surface area (TPSA) is 54.5 Å². The van der Waals surface area contributed by atoms with Crippen LogP contribution in [-0.2, 0) is 9.84 Å². The molecule has 0 bridgehead atoms. The van der Waals surface area contributed by atoms with E-state index >= 15 is 0 Å². The first kappa shape index (κ1) is 16.5. The summed E-state index contributed by atoms with van der Waals surface area (Å²) in [6.07, 6.45) is 0.533. The van der Waals surface area contributed by atoms with E-state index < -0.39 is 9.84 Å². The van der Waals surface area contributed by atoms with Gasteiger partial charge in [-0.15, -0.1) is 0 Å². The van der Waals surface area contributed by atoms with E-state index in [4.69, 9.17) is 0 Å². The number of carbonyl (C=O) groups is 1. The van der Waals surface area contributed by atoms with E-state index in [2.05, 4.69) is 15.9 Å². The summed E-state index contributed by atoms with van der Waals surface area (Å²) in [5.74, 6) is 0.448. The van der Waals surface area contributed by atoms with Gasteiger partial charge < -0.3 is 4.90 Å². The smallest absolute Gasteiger partial charge is 0.255 e. The predicted molar refractivity (Wildman–Crippen MR) is 87.1 cm³/mol. The first-order valence-electron chi connectivity index (χ1n) is 7.06. The van der Waals surface area contributed by atoms with Gasteiger partial charge in [-0.2, -0.15) is 0 Å². The molecule has 0 saturated carbocycles. The molecule has 0 N–H and O–H groups in total. The van der Waals surface area contributed by atoms with Gasteiger partial charge in [-0.05, 0) is 40.4 Å². The molecule has 0 aromatic heterocycles. The third kappa shape index (κ3) is 4.07. The molecule has 1 fully saturated rings. The van der Waals surface area contributed by atoms with Gasteiger partial charge in [0.25, 0.3) is 5.91 Å². The van der Waals surface area contributed by atoms with Crippen molar-refractivity contribution in [2.45, 2.75) is 26.3 Å². The first-order valence-corrected chi connectivity index (χ1v) is 9.67. The molecule has 21 heavy (non-hydrogen) atoms. The second-order valence-corrected chi connectivity index (χ2v) is 8.97. The summed E-state index contributed by atoms with van der Waals surface area (Å²) in [6, 6.07) is 7.05. The molecule has 1 saturated heterocycles. The van der Waals surface area contributed by atoms with Crippen LogP contribution in [0.4, 0.5) is 0 Å². The number of hydrogen-bond acceptors (Lipinski definition) is 3. The van der Waals surface area contributed by atoms with Crippen LogP contribution in [0.1, 0.15) is 30.6 Å². The zero-order chi connectivity index (χ0) is 15.6. The van der Waals surface area contributed by atoms with Gasteiger partial charge in [-0.1, -0.05) is 26.0 Å². The van der Waals surface area contributed by atoms with Crippen LogP contribution in [0.15, 0.2) is 28.7 Å². The van der Waals surface area contributed by atoms with Crippen molar-refractivity contribution in [3.05, 3.63) is 34.3 Å². The van der Waals surface area contributed by atoms with E-state index in [0.29, 0.717) is 24.4 Å². The molecule has 1 aromatic rings. The van der Waals surface area contributed by atoms with Gasteiger partial charge in [0.15, 0.2) is 9.84 Å². The predicted octanol–water partition coefficient (Wildman–Crippen LogP) is 2.73. The zero-order valence-electron chi connectivity index (χ0n) is 12.3. The maximum Gasteiger partial charge on any atom is 0.255 e. The average Bonchev–Trinajstić information content (AvgIpc) is 2.76. The highest BCUT2D eigenvalue weighted by atomic mass is 79.9. The second-order valence-electron chi connectivity index (χ2n) is 5.89. The second kappa shape index (κ2) is 6.48. The molecule has 0 radical (unpaired) electrons. The third-order valence-electron chi connectivity index (χ3n) is 3.58. The van der Waals surface area contributed by atoms with E-state index in [1.165, 1.54) is 0 Å². The van der Waals surface area contributed by atoms with Crippen LogP contribution in [0.25, 0.3) is 0 Å². The van der Waals surface area contributed by atoms with Crippen LogP contribution < -0.4 is 0 Å². The molecule has 1 aromatic carbocycles. The van der Waals surface area contributed by atoms with Gasteiger partial charge in [-0.3, -0.25) is 4.79 Å². The Kier molecular flexibility index (Phi) is 5.09. The molecule has 0 aliphatic carbocycles. The highest BCUT2D eigenvalue weighted by Gasteiger charge is 2.35. The van der Waals surface area contributed by atoms with E-state index in [1.807, 2.05) is 32.0 Å². The first-order chi connectivity index (χ1) is 9.80. The number of amides is 1. The van der Waals surface area contributed by atoms with Crippen LogP contribution >= 0.6 is 15.9 Å². The summed E-state index contributed by atoms with van der Waals surface area (Å²) >= 11 is 3.40. The lowest BCUT2D eigenvalue weighted by Crippen LogP contribution is -2.43. The lowest BCUT2D eigenvalue weighted by molar-refractivity contribution is 0.0671. The number of benzene rings is 1. The lowest BCUT2D eigenvalue weighted by Gasteiger charge is -2.30. The maximum atomic E-state index is 12.8. The Labute approximate surface area is 134 Å². The normalized spacial score (nSPS) is 20.7. The standard InChI is InChI=1S/C15H20BrNO3S/c1-11(2)9-17(12-7-8-21(19,20)10-12)15(18)13-5-3-4-6-14(13)16/h3-6,11-12H,7-10H2,1-2H3/t12-/m0/s1. The molecule has 0 unspecified atom stereocenters. The van der Waals surface area contributed by atoms with E-state index in [-0.39, 0.29) is 23.5 Å². The van der Waals surface area contributed by atoms with Crippen LogP contribution in [-0.4, -0.2) is 43.3 Å². The Balaban J connectivity index is 2.28. The molecule has 116 valence electrons. The van der Waals surface area contributed by atoms with Gasteiger partial charge in [0, 0.05) is 17.1 Å². The highest BCUT2D eigenvalue weighted by molar-refractivity contribution is 9.10. The summed E-state index contributed by atoms with van der Waals surface area (Å²) in [7, 11) is -3.01. The fourth-order valence-corrected chi connectivity index (χ4v) is 4.79. The fraction of sp³-hybridized carbons (Fsp3) is 0.533. The molecule has 6 heteroatoms. The molecule has 1 aliphatic rings. The number of sulfone groups is 1. The van der Waals surface area contributed by atoms with Crippen LogP contribution in [0.5, 0.6) is 0 Å². The largest absolute Gasteiger partial charge is 0.334 e. The quantitative estimate of drug-likeness (QED) is 0.815. The molecule has 1 atom stereocenters. The third-order valence-corrected chi connectivity index (χ3v) is 6.02. The lowest BCUT2D eigenvalue weighted by atomic mass is 10.1. The maximum absolute atomic E-state index is 12.8. The van der Waals surface area contributed by atoms with Gasteiger partial charge in [0.2, 0.25) is 0 Å². The van der Waals surface area contributed by atoms with Crippen LogP contribution in [0.2, 0.25) is 0 Å². The Morgan fingerprint density at radius 1 is 1.38 bits per heavy atom. The minimum Gasteiger partial charge on any atom is -0.334 e. The molecule has 4 nitrogen and oxygen atoms in total. The monoisotopic (exact) mass is 373 g/mol. The Morgan fingerprint density at radius 3 is 2.57 bits per heavy atom. The number of nitrogens with zero attached hydrogens (tertiary/aromatic N) is 1. The number of halogens is 1. The van der Waals surface area contributed by atoms with Gasteiger partial charge >= 0.3 is 0 Å². The summed E-state index contributed by atoms with van der Waals surface area (Å²) in [4.78, 5) is 14.5. The molecule has 1 aliphatic heterocycles. The summed E-state index contributed by atoms with van der Waals surface area (Å²) in [5.41, 5.74) is 0.586. The zero-order valence-corrected chi connectivity index (χ0v) is 14.7. The van der Waals surface area contributed by atoms with Crippen LogP contribution in [0, 0.1) is 5.92 Å². The number of hydrogen-bond donors (Lipinski definition) is 0. The number of rotatable bonds is 4. The molecular weight excluding hydrogens is 354 g/mol. The van der Waals surface area contributed by atoms with Crippen molar-refractivity contribution in [1.82, 2.24) is 4.90 Å².